The third-order valence-corrected chi connectivity index (χ3v) is 3.04. The summed E-state index contributed by atoms with van der Waals surface area (Å²) in [6.07, 6.45) is 0. The number of benzene rings is 2. The molecular formula is C14H11ClFNO4. The summed E-state index contributed by atoms with van der Waals surface area (Å²) in [5.41, 5.74) is 0.481. The van der Waals surface area contributed by atoms with Gasteiger partial charge in [0, 0.05) is 11.9 Å². The molecular weight excluding hydrogens is 301 g/mol. The lowest BCUT2D eigenvalue weighted by Crippen LogP contribution is -1.95. The molecule has 0 heterocycles. The van der Waals surface area contributed by atoms with Gasteiger partial charge in [0.25, 0.3) is 5.69 Å². The van der Waals surface area contributed by atoms with E-state index in [0.29, 0.717) is 5.56 Å². The zero-order valence-electron chi connectivity index (χ0n) is 11.0. The Bertz CT molecular complexity index is 678. The number of hydrogen-bond donors (Lipinski definition) is 0. The third kappa shape index (κ3) is 3.41. The lowest BCUT2D eigenvalue weighted by Gasteiger charge is -2.11. The number of methoxy groups -OCH3 is 1. The SMILES string of the molecule is COc1cc([N+](=O)[O-])ccc1Oc1ccc(CCl)cc1F. The molecule has 0 unspecified atom stereocenters. The van der Waals surface area contributed by atoms with Gasteiger partial charge in [-0.1, -0.05) is 6.07 Å². The van der Waals surface area contributed by atoms with Crippen LogP contribution in [0, 0.1) is 15.9 Å². The Labute approximate surface area is 125 Å². The molecule has 0 aliphatic heterocycles. The molecule has 21 heavy (non-hydrogen) atoms. The van der Waals surface area contributed by atoms with E-state index in [-0.39, 0.29) is 28.8 Å². The minimum atomic E-state index is -0.575. The van der Waals surface area contributed by atoms with E-state index in [4.69, 9.17) is 21.1 Å². The Kier molecular flexibility index (Phi) is 4.59. The Balaban J connectivity index is 2.33. The molecule has 0 bridgehead atoms. The zero-order chi connectivity index (χ0) is 15.4. The highest BCUT2D eigenvalue weighted by Gasteiger charge is 2.14. The Morgan fingerprint density at radius 1 is 1.19 bits per heavy atom. The van der Waals surface area contributed by atoms with Crippen LogP contribution in [0.15, 0.2) is 36.4 Å². The Morgan fingerprint density at radius 3 is 2.48 bits per heavy atom. The van der Waals surface area contributed by atoms with Gasteiger partial charge in [-0.25, -0.2) is 4.39 Å². The first-order valence-corrected chi connectivity index (χ1v) is 6.43. The van der Waals surface area contributed by atoms with Gasteiger partial charge in [0.15, 0.2) is 23.1 Å². The lowest BCUT2D eigenvalue weighted by atomic mass is 10.2. The van der Waals surface area contributed by atoms with Crippen molar-refractivity contribution in [2.45, 2.75) is 5.88 Å². The number of nitro groups is 1. The second-order valence-electron chi connectivity index (χ2n) is 4.09. The fourth-order valence-electron chi connectivity index (χ4n) is 1.68. The van der Waals surface area contributed by atoms with Crippen LogP contribution in [0.4, 0.5) is 10.1 Å². The van der Waals surface area contributed by atoms with Gasteiger partial charge < -0.3 is 9.47 Å². The Morgan fingerprint density at radius 2 is 1.90 bits per heavy atom. The molecule has 110 valence electrons. The van der Waals surface area contributed by atoms with Crippen LogP contribution in [0.25, 0.3) is 0 Å². The van der Waals surface area contributed by atoms with Gasteiger partial charge >= 0.3 is 0 Å². The van der Waals surface area contributed by atoms with Crippen LogP contribution in [0.1, 0.15) is 5.56 Å². The highest BCUT2D eigenvalue weighted by Crippen LogP contribution is 2.35. The van der Waals surface area contributed by atoms with E-state index in [1.54, 1.807) is 6.07 Å². The molecule has 0 amide bonds. The molecule has 0 N–H and O–H groups in total. The first-order valence-electron chi connectivity index (χ1n) is 5.90. The van der Waals surface area contributed by atoms with Gasteiger partial charge in [0.05, 0.1) is 18.1 Å². The molecule has 0 radical (unpaired) electrons. The largest absolute Gasteiger partial charge is 0.493 e. The molecule has 0 fully saturated rings. The molecule has 0 aliphatic rings. The number of ether oxygens (including phenoxy) is 2. The zero-order valence-corrected chi connectivity index (χ0v) is 11.8. The monoisotopic (exact) mass is 311 g/mol. The fourth-order valence-corrected chi connectivity index (χ4v) is 1.85. The lowest BCUT2D eigenvalue weighted by molar-refractivity contribution is -0.384. The van der Waals surface area contributed by atoms with Crippen molar-refractivity contribution in [2.24, 2.45) is 0 Å². The maximum absolute atomic E-state index is 13.8. The molecule has 2 aromatic carbocycles. The van der Waals surface area contributed by atoms with E-state index in [2.05, 4.69) is 0 Å². The number of rotatable bonds is 5. The smallest absolute Gasteiger partial charge is 0.273 e. The maximum Gasteiger partial charge on any atom is 0.273 e. The van der Waals surface area contributed by atoms with E-state index in [9.17, 15) is 14.5 Å². The molecule has 7 heteroatoms. The molecule has 0 spiro atoms. The number of alkyl halides is 1. The van der Waals surface area contributed by atoms with Crippen molar-refractivity contribution in [3.05, 3.63) is 57.9 Å². The maximum atomic E-state index is 13.8. The molecule has 0 aromatic heterocycles. The molecule has 0 saturated carbocycles. The summed E-state index contributed by atoms with van der Waals surface area (Å²) in [5, 5.41) is 10.7. The predicted octanol–water partition coefficient (Wildman–Crippen LogP) is 4.27. The van der Waals surface area contributed by atoms with Crippen LogP contribution in [0.2, 0.25) is 0 Å². The summed E-state index contributed by atoms with van der Waals surface area (Å²) in [4.78, 5) is 10.1. The van der Waals surface area contributed by atoms with Crippen molar-refractivity contribution in [3.63, 3.8) is 0 Å². The summed E-state index contributed by atoms with van der Waals surface area (Å²) in [7, 11) is 1.35. The Hall–Kier alpha value is -2.34. The molecule has 0 saturated heterocycles. The van der Waals surface area contributed by atoms with Crippen molar-refractivity contribution in [1.82, 2.24) is 0 Å². The fraction of sp³-hybridized carbons (Fsp3) is 0.143. The molecule has 0 aliphatic carbocycles. The highest BCUT2D eigenvalue weighted by molar-refractivity contribution is 6.17. The quantitative estimate of drug-likeness (QED) is 0.470. The second-order valence-corrected chi connectivity index (χ2v) is 4.36. The van der Waals surface area contributed by atoms with Crippen molar-refractivity contribution >= 4 is 17.3 Å². The number of nitrogens with zero attached hydrogens (tertiary/aromatic N) is 1. The minimum Gasteiger partial charge on any atom is -0.493 e. The number of hydrogen-bond acceptors (Lipinski definition) is 4. The van der Waals surface area contributed by atoms with Crippen LogP contribution >= 0.6 is 11.6 Å². The van der Waals surface area contributed by atoms with Crippen LogP contribution in [0.5, 0.6) is 17.2 Å². The van der Waals surface area contributed by atoms with Crippen LogP contribution < -0.4 is 9.47 Å². The van der Waals surface area contributed by atoms with E-state index in [1.807, 2.05) is 0 Å². The minimum absolute atomic E-state index is 0.0176. The summed E-state index contributed by atoms with van der Waals surface area (Å²) < 4.78 is 24.3. The van der Waals surface area contributed by atoms with Gasteiger partial charge in [-0.15, -0.1) is 11.6 Å². The highest BCUT2D eigenvalue weighted by atomic mass is 35.5. The summed E-state index contributed by atoms with van der Waals surface area (Å²) in [6.45, 7) is 0. The number of halogens is 2. The summed E-state index contributed by atoms with van der Waals surface area (Å²) in [5.74, 6) is -0.0758. The van der Waals surface area contributed by atoms with Crippen LogP contribution in [-0.2, 0) is 5.88 Å². The summed E-state index contributed by atoms with van der Waals surface area (Å²) >= 11 is 5.61. The van der Waals surface area contributed by atoms with Crippen LogP contribution in [-0.4, -0.2) is 12.0 Å². The van der Waals surface area contributed by atoms with Crippen molar-refractivity contribution in [1.29, 1.82) is 0 Å². The van der Waals surface area contributed by atoms with Gasteiger partial charge in [0.2, 0.25) is 0 Å². The average Bonchev–Trinajstić information content (AvgIpc) is 2.49. The van der Waals surface area contributed by atoms with E-state index >= 15 is 0 Å². The second kappa shape index (κ2) is 6.41. The van der Waals surface area contributed by atoms with Gasteiger partial charge in [-0.2, -0.15) is 0 Å². The average molecular weight is 312 g/mol. The van der Waals surface area contributed by atoms with Crippen molar-refractivity contribution in [2.75, 3.05) is 7.11 Å². The van der Waals surface area contributed by atoms with Crippen molar-refractivity contribution < 1.29 is 18.8 Å². The van der Waals surface area contributed by atoms with Gasteiger partial charge in [-0.05, 0) is 23.8 Å². The van der Waals surface area contributed by atoms with E-state index in [1.165, 1.54) is 37.4 Å². The van der Waals surface area contributed by atoms with Crippen LogP contribution in [0.3, 0.4) is 0 Å². The summed E-state index contributed by atoms with van der Waals surface area (Å²) in [6, 6.07) is 8.15. The molecule has 2 rings (SSSR count). The van der Waals surface area contributed by atoms with Gasteiger partial charge in [0.1, 0.15) is 0 Å². The predicted molar refractivity (Wildman–Crippen MR) is 75.7 cm³/mol. The first kappa shape index (κ1) is 15.1. The third-order valence-electron chi connectivity index (χ3n) is 2.73. The van der Waals surface area contributed by atoms with Crippen molar-refractivity contribution in [3.8, 4) is 17.2 Å². The standard InChI is InChI=1S/C14H11ClFNO4/c1-20-14-7-10(17(18)19)3-5-13(14)21-12-4-2-9(8-15)6-11(12)16/h2-7H,8H2,1H3. The van der Waals surface area contributed by atoms with Gasteiger partial charge in [-0.3, -0.25) is 10.1 Å². The molecule has 0 atom stereocenters. The number of nitro benzene ring substituents is 1. The van der Waals surface area contributed by atoms with E-state index in [0.717, 1.165) is 0 Å². The number of non-ortho nitro benzene ring substituents is 1. The molecule has 2 aromatic rings. The normalized spacial score (nSPS) is 10.2. The van der Waals surface area contributed by atoms with E-state index < -0.39 is 10.7 Å². The molecule has 5 nitrogen and oxygen atoms in total. The topological polar surface area (TPSA) is 61.6 Å². The first-order chi connectivity index (χ1) is 10.0.